The number of alkyl halides is 1. The van der Waals surface area contributed by atoms with Crippen LogP contribution in [-0.2, 0) is 0 Å². The lowest BCUT2D eigenvalue weighted by Crippen LogP contribution is -2.33. The summed E-state index contributed by atoms with van der Waals surface area (Å²) in [5.41, 5.74) is 0. The second kappa shape index (κ2) is 6.99. The molecule has 1 saturated carbocycles. The van der Waals surface area contributed by atoms with Crippen molar-refractivity contribution in [3.63, 3.8) is 0 Å². The minimum atomic E-state index is 0.153. The lowest BCUT2D eigenvalue weighted by Gasteiger charge is -2.31. The van der Waals surface area contributed by atoms with Gasteiger partial charge in [0, 0.05) is 18.1 Å². The quantitative estimate of drug-likeness (QED) is 0.827. The first-order valence-corrected chi connectivity index (χ1v) is 7.68. The molecule has 1 aromatic heterocycles. The molecule has 0 saturated heterocycles. The van der Waals surface area contributed by atoms with E-state index in [4.69, 9.17) is 16.3 Å². The number of rotatable bonds is 5. The van der Waals surface area contributed by atoms with Crippen molar-refractivity contribution in [2.45, 2.75) is 51.7 Å². The van der Waals surface area contributed by atoms with Gasteiger partial charge in [-0.2, -0.15) is 0 Å². The molecule has 4 heteroatoms. The van der Waals surface area contributed by atoms with Crippen LogP contribution in [0.15, 0.2) is 18.3 Å². The lowest BCUT2D eigenvalue weighted by atomic mass is 9.86. The van der Waals surface area contributed by atoms with E-state index in [1.807, 2.05) is 26.0 Å². The van der Waals surface area contributed by atoms with Gasteiger partial charge in [0.2, 0.25) is 0 Å². The predicted octanol–water partition coefficient (Wildman–Crippen LogP) is 4.08. The smallest absolute Gasteiger partial charge is 0.168 e. The number of ether oxygens (including phenoxy) is 1. The molecule has 0 amide bonds. The van der Waals surface area contributed by atoms with Gasteiger partial charge in [-0.3, -0.25) is 0 Å². The Morgan fingerprint density at radius 2 is 2.21 bits per heavy atom. The highest BCUT2D eigenvalue weighted by atomic mass is 35.5. The van der Waals surface area contributed by atoms with Crippen molar-refractivity contribution in [2.24, 2.45) is 5.92 Å². The van der Waals surface area contributed by atoms with Crippen LogP contribution in [0.4, 0.5) is 5.82 Å². The van der Waals surface area contributed by atoms with E-state index in [1.165, 1.54) is 19.3 Å². The van der Waals surface area contributed by atoms with Gasteiger partial charge in [-0.1, -0.05) is 12.8 Å². The monoisotopic (exact) mass is 282 g/mol. The Balaban J connectivity index is 2.08. The van der Waals surface area contributed by atoms with Gasteiger partial charge in [-0.25, -0.2) is 4.98 Å². The molecule has 1 aliphatic rings. The largest absolute Gasteiger partial charge is 0.487 e. The zero-order valence-electron chi connectivity index (χ0n) is 11.7. The topological polar surface area (TPSA) is 34.1 Å². The summed E-state index contributed by atoms with van der Waals surface area (Å²) in [6, 6.07) is 4.28. The molecule has 19 heavy (non-hydrogen) atoms. The summed E-state index contributed by atoms with van der Waals surface area (Å²) in [4.78, 5) is 4.42. The maximum absolute atomic E-state index is 6.07. The van der Waals surface area contributed by atoms with Crippen molar-refractivity contribution in [1.29, 1.82) is 0 Å². The van der Waals surface area contributed by atoms with Gasteiger partial charge in [0.1, 0.15) is 0 Å². The van der Waals surface area contributed by atoms with E-state index in [-0.39, 0.29) is 6.10 Å². The van der Waals surface area contributed by atoms with Gasteiger partial charge in [-0.05, 0) is 44.7 Å². The molecule has 2 unspecified atom stereocenters. The fraction of sp³-hybridized carbons (Fsp3) is 0.667. The van der Waals surface area contributed by atoms with Crippen LogP contribution in [0.5, 0.6) is 5.75 Å². The third-order valence-corrected chi connectivity index (χ3v) is 3.96. The molecule has 2 rings (SSSR count). The minimum Gasteiger partial charge on any atom is -0.487 e. The average Bonchev–Trinajstić information content (AvgIpc) is 2.41. The fourth-order valence-corrected chi connectivity index (χ4v) is 2.98. The molecular weight excluding hydrogens is 260 g/mol. The molecule has 1 N–H and O–H groups in total. The number of hydrogen-bond acceptors (Lipinski definition) is 3. The number of nitrogens with one attached hydrogen (secondary N) is 1. The van der Waals surface area contributed by atoms with Crippen molar-refractivity contribution in [3.05, 3.63) is 18.3 Å². The van der Waals surface area contributed by atoms with E-state index in [0.29, 0.717) is 17.8 Å². The fourth-order valence-electron chi connectivity index (χ4n) is 2.61. The van der Waals surface area contributed by atoms with E-state index in [2.05, 4.69) is 10.3 Å². The van der Waals surface area contributed by atoms with Gasteiger partial charge < -0.3 is 10.1 Å². The lowest BCUT2D eigenvalue weighted by molar-refractivity contribution is 0.242. The van der Waals surface area contributed by atoms with Crippen molar-refractivity contribution >= 4 is 17.4 Å². The maximum atomic E-state index is 6.07. The molecule has 106 valence electrons. The second-order valence-electron chi connectivity index (χ2n) is 5.47. The summed E-state index contributed by atoms with van der Waals surface area (Å²) >= 11 is 6.07. The SMILES string of the molecule is CC(C)Oc1cccnc1NC1CCCCC1CCl. The molecule has 0 spiro atoms. The van der Waals surface area contributed by atoms with Gasteiger partial charge >= 0.3 is 0 Å². The summed E-state index contributed by atoms with van der Waals surface area (Å²) in [6.45, 7) is 4.05. The number of anilines is 1. The normalized spacial score (nSPS) is 23.4. The molecule has 1 aliphatic carbocycles. The van der Waals surface area contributed by atoms with Crippen LogP contribution in [0, 0.1) is 5.92 Å². The van der Waals surface area contributed by atoms with Gasteiger partial charge in [-0.15, -0.1) is 11.6 Å². The van der Waals surface area contributed by atoms with E-state index < -0.39 is 0 Å². The zero-order chi connectivity index (χ0) is 13.7. The Hall–Kier alpha value is -0.960. The molecule has 0 bridgehead atoms. The maximum Gasteiger partial charge on any atom is 0.168 e. The summed E-state index contributed by atoms with van der Waals surface area (Å²) in [7, 11) is 0. The Bertz CT molecular complexity index is 397. The van der Waals surface area contributed by atoms with Crippen LogP contribution in [0.3, 0.4) is 0 Å². The Morgan fingerprint density at radius 1 is 1.42 bits per heavy atom. The number of nitrogens with zero attached hydrogens (tertiary/aromatic N) is 1. The van der Waals surface area contributed by atoms with E-state index in [1.54, 1.807) is 6.20 Å². The van der Waals surface area contributed by atoms with E-state index in [9.17, 15) is 0 Å². The van der Waals surface area contributed by atoms with Crippen molar-refractivity contribution in [2.75, 3.05) is 11.2 Å². The van der Waals surface area contributed by atoms with Crippen molar-refractivity contribution < 1.29 is 4.74 Å². The number of pyridine rings is 1. The van der Waals surface area contributed by atoms with Crippen LogP contribution in [0.1, 0.15) is 39.5 Å². The molecule has 0 aromatic carbocycles. The van der Waals surface area contributed by atoms with E-state index in [0.717, 1.165) is 18.0 Å². The predicted molar refractivity (Wildman–Crippen MR) is 80.1 cm³/mol. The summed E-state index contributed by atoms with van der Waals surface area (Å²) < 4.78 is 5.80. The highest BCUT2D eigenvalue weighted by Gasteiger charge is 2.25. The van der Waals surface area contributed by atoms with Crippen LogP contribution in [-0.4, -0.2) is 23.0 Å². The molecule has 1 heterocycles. The van der Waals surface area contributed by atoms with Crippen LogP contribution in [0.25, 0.3) is 0 Å². The third-order valence-electron chi connectivity index (χ3n) is 3.56. The standard InChI is InChI=1S/C15H23ClN2O/c1-11(2)19-14-8-5-9-17-15(14)18-13-7-4-3-6-12(13)10-16/h5,8-9,11-13H,3-4,6-7,10H2,1-2H3,(H,17,18). The first-order valence-electron chi connectivity index (χ1n) is 7.15. The second-order valence-corrected chi connectivity index (χ2v) is 5.78. The van der Waals surface area contributed by atoms with Crippen LogP contribution in [0.2, 0.25) is 0 Å². The highest BCUT2D eigenvalue weighted by Crippen LogP contribution is 2.30. The van der Waals surface area contributed by atoms with Gasteiger partial charge in [0.15, 0.2) is 11.6 Å². The molecule has 0 aliphatic heterocycles. The highest BCUT2D eigenvalue weighted by molar-refractivity contribution is 6.18. The van der Waals surface area contributed by atoms with Crippen LogP contribution >= 0.6 is 11.6 Å². The molecule has 3 nitrogen and oxygen atoms in total. The molecule has 2 atom stereocenters. The number of hydrogen-bond donors (Lipinski definition) is 1. The van der Waals surface area contributed by atoms with Crippen LogP contribution < -0.4 is 10.1 Å². The van der Waals surface area contributed by atoms with Gasteiger partial charge in [0.05, 0.1) is 6.10 Å². The number of aromatic nitrogens is 1. The molecule has 1 fully saturated rings. The number of halogens is 1. The van der Waals surface area contributed by atoms with E-state index >= 15 is 0 Å². The Kier molecular flexibility index (Phi) is 5.32. The first-order chi connectivity index (χ1) is 9.20. The third kappa shape index (κ3) is 4.00. The molecular formula is C15H23ClN2O. The molecule has 0 radical (unpaired) electrons. The summed E-state index contributed by atoms with van der Waals surface area (Å²) in [6.07, 6.45) is 6.86. The molecule has 1 aromatic rings. The van der Waals surface area contributed by atoms with Crippen molar-refractivity contribution in [3.8, 4) is 5.75 Å². The van der Waals surface area contributed by atoms with Gasteiger partial charge in [0.25, 0.3) is 0 Å². The average molecular weight is 283 g/mol. The zero-order valence-corrected chi connectivity index (χ0v) is 12.5. The Morgan fingerprint density at radius 3 is 2.95 bits per heavy atom. The first kappa shape index (κ1) is 14.4. The minimum absolute atomic E-state index is 0.153. The summed E-state index contributed by atoms with van der Waals surface area (Å²) in [5, 5.41) is 3.54. The summed E-state index contributed by atoms with van der Waals surface area (Å²) in [5.74, 6) is 2.92. The van der Waals surface area contributed by atoms with Crippen molar-refractivity contribution in [1.82, 2.24) is 4.98 Å². The Labute approximate surface area is 120 Å².